The smallest absolute Gasteiger partial charge is 0.164 e. The second-order valence-corrected chi connectivity index (χ2v) is 5.99. The molecule has 0 unspecified atom stereocenters. The Morgan fingerprint density at radius 3 is 2.62 bits per heavy atom. The fraction of sp³-hybridized carbons (Fsp3) is 0.316. The molecule has 1 aromatic carbocycles. The number of hydrogen-bond acceptors (Lipinski definition) is 4. The first-order chi connectivity index (χ1) is 11.6. The molecule has 124 valence electrons. The molecule has 0 aliphatic heterocycles. The number of pyridine rings is 1. The van der Waals surface area contributed by atoms with Crippen molar-refractivity contribution in [2.24, 2.45) is 0 Å². The van der Waals surface area contributed by atoms with Crippen molar-refractivity contribution in [1.82, 2.24) is 14.5 Å². The van der Waals surface area contributed by atoms with Crippen LogP contribution in [-0.4, -0.2) is 32.0 Å². The Labute approximate surface area is 141 Å². The van der Waals surface area contributed by atoms with Gasteiger partial charge in [0.1, 0.15) is 17.6 Å². The molecule has 2 heterocycles. The number of nitrogens with zero attached hydrogens (tertiary/aromatic N) is 3. The zero-order valence-corrected chi connectivity index (χ0v) is 13.9. The van der Waals surface area contributed by atoms with Gasteiger partial charge in [0.05, 0.1) is 6.10 Å². The molecule has 0 amide bonds. The summed E-state index contributed by atoms with van der Waals surface area (Å²) in [6, 6.07) is 10.0. The van der Waals surface area contributed by atoms with Gasteiger partial charge in [-0.05, 0) is 42.7 Å². The van der Waals surface area contributed by atoms with Crippen molar-refractivity contribution in [3.63, 3.8) is 0 Å². The van der Waals surface area contributed by atoms with Gasteiger partial charge >= 0.3 is 0 Å². The zero-order valence-electron chi connectivity index (χ0n) is 13.9. The number of imidazole rings is 1. The normalized spacial score (nSPS) is 12.5. The summed E-state index contributed by atoms with van der Waals surface area (Å²) in [5.41, 5.74) is 4.57. The molecule has 5 nitrogen and oxygen atoms in total. The number of aliphatic hydroxyl groups is 1. The maximum Gasteiger partial charge on any atom is 0.164 e. The van der Waals surface area contributed by atoms with Crippen LogP contribution < -0.4 is 0 Å². The summed E-state index contributed by atoms with van der Waals surface area (Å²) in [4.78, 5) is 19.9. The lowest BCUT2D eigenvalue weighted by molar-refractivity contribution is -0.107. The molecule has 3 aromatic rings. The largest absolute Gasteiger partial charge is 0.393 e. The number of hydrogen-bond donors (Lipinski definition) is 1. The first-order valence-electron chi connectivity index (χ1n) is 8.19. The minimum atomic E-state index is -0.353. The summed E-state index contributed by atoms with van der Waals surface area (Å²) >= 11 is 0. The molecule has 0 saturated carbocycles. The number of fused-ring (bicyclic) bond motifs is 1. The van der Waals surface area contributed by atoms with Crippen molar-refractivity contribution in [3.8, 4) is 5.69 Å². The van der Waals surface area contributed by atoms with Gasteiger partial charge in [0.25, 0.3) is 0 Å². The number of rotatable bonds is 6. The lowest BCUT2D eigenvalue weighted by atomic mass is 10.1. The van der Waals surface area contributed by atoms with Crippen LogP contribution in [-0.2, 0) is 24.1 Å². The predicted octanol–water partition coefficient (Wildman–Crippen LogP) is 2.65. The van der Waals surface area contributed by atoms with Gasteiger partial charge in [0.2, 0.25) is 0 Å². The molecule has 0 saturated heterocycles. The van der Waals surface area contributed by atoms with E-state index in [4.69, 9.17) is 0 Å². The van der Waals surface area contributed by atoms with Crippen molar-refractivity contribution < 1.29 is 9.90 Å². The van der Waals surface area contributed by atoms with Crippen LogP contribution in [0.5, 0.6) is 0 Å². The number of aryl methyl sites for hydroxylation is 1. The van der Waals surface area contributed by atoms with Crippen LogP contribution in [0.4, 0.5) is 0 Å². The Kier molecular flexibility index (Phi) is 4.71. The molecular formula is C19H21N3O2. The monoisotopic (exact) mass is 323 g/mol. The maximum absolute atomic E-state index is 10.7. The lowest BCUT2D eigenvalue weighted by Gasteiger charge is -2.10. The molecule has 1 N–H and O–H groups in total. The molecule has 5 heteroatoms. The van der Waals surface area contributed by atoms with Gasteiger partial charge in [-0.3, -0.25) is 4.57 Å². The quantitative estimate of drug-likeness (QED) is 0.708. The molecule has 0 fully saturated rings. The Morgan fingerprint density at radius 2 is 2.00 bits per heavy atom. The molecule has 0 aliphatic carbocycles. The van der Waals surface area contributed by atoms with Gasteiger partial charge in [0.15, 0.2) is 5.65 Å². The summed E-state index contributed by atoms with van der Waals surface area (Å²) in [6.07, 6.45) is 4.03. The van der Waals surface area contributed by atoms with E-state index in [0.29, 0.717) is 12.8 Å². The SMILES string of the molecule is CCc1nc2cc(CC=O)cnc2n1-c1ccc(C[C@H](C)O)cc1. The van der Waals surface area contributed by atoms with Crippen LogP contribution in [0.2, 0.25) is 0 Å². The topological polar surface area (TPSA) is 68.0 Å². The minimum Gasteiger partial charge on any atom is -0.393 e. The third-order valence-electron chi connectivity index (χ3n) is 3.98. The summed E-state index contributed by atoms with van der Waals surface area (Å²) < 4.78 is 2.05. The van der Waals surface area contributed by atoms with Crippen molar-refractivity contribution >= 4 is 17.5 Å². The number of carbonyl (C=O) groups excluding carboxylic acids is 1. The van der Waals surface area contributed by atoms with Gasteiger partial charge < -0.3 is 9.90 Å². The molecule has 0 bridgehead atoms. The summed E-state index contributed by atoms with van der Waals surface area (Å²) in [6.45, 7) is 3.85. The number of carbonyl (C=O) groups is 1. The van der Waals surface area contributed by atoms with Crippen LogP contribution >= 0.6 is 0 Å². The van der Waals surface area contributed by atoms with Crippen LogP contribution in [0.3, 0.4) is 0 Å². The Bertz CT molecular complexity index is 851. The number of aliphatic hydroxyl groups excluding tert-OH is 1. The maximum atomic E-state index is 10.7. The van der Waals surface area contributed by atoms with Crippen molar-refractivity contribution in [3.05, 3.63) is 53.5 Å². The Morgan fingerprint density at radius 1 is 1.25 bits per heavy atom. The van der Waals surface area contributed by atoms with E-state index in [9.17, 15) is 9.90 Å². The molecular weight excluding hydrogens is 302 g/mol. The Hall–Kier alpha value is -2.53. The number of benzene rings is 1. The summed E-state index contributed by atoms with van der Waals surface area (Å²) in [5.74, 6) is 0.934. The highest BCUT2D eigenvalue weighted by molar-refractivity contribution is 5.75. The van der Waals surface area contributed by atoms with Gasteiger partial charge in [0, 0.05) is 24.7 Å². The van der Waals surface area contributed by atoms with Crippen LogP contribution in [0.1, 0.15) is 30.8 Å². The van der Waals surface area contributed by atoms with Crippen LogP contribution in [0.25, 0.3) is 16.9 Å². The number of aromatic nitrogens is 3. The molecule has 1 atom stereocenters. The van der Waals surface area contributed by atoms with E-state index in [1.807, 2.05) is 34.9 Å². The van der Waals surface area contributed by atoms with E-state index >= 15 is 0 Å². The highest BCUT2D eigenvalue weighted by atomic mass is 16.3. The second-order valence-electron chi connectivity index (χ2n) is 5.99. The van der Waals surface area contributed by atoms with E-state index < -0.39 is 0 Å². The van der Waals surface area contributed by atoms with E-state index in [1.165, 1.54) is 0 Å². The van der Waals surface area contributed by atoms with Gasteiger partial charge in [-0.15, -0.1) is 0 Å². The van der Waals surface area contributed by atoms with Gasteiger partial charge in [-0.2, -0.15) is 0 Å². The van der Waals surface area contributed by atoms with E-state index in [2.05, 4.69) is 16.9 Å². The van der Waals surface area contributed by atoms with Crippen LogP contribution in [0, 0.1) is 0 Å². The standard InChI is InChI=1S/C19H21N3O2/c1-3-18-21-17-11-15(8-9-23)12-20-19(17)22(18)16-6-4-14(5-7-16)10-13(2)24/h4-7,9,11-13,24H,3,8,10H2,1-2H3/t13-/m0/s1. The van der Waals surface area contributed by atoms with Crippen LogP contribution in [0.15, 0.2) is 36.5 Å². The highest BCUT2D eigenvalue weighted by Gasteiger charge is 2.13. The first-order valence-corrected chi connectivity index (χ1v) is 8.19. The predicted molar refractivity (Wildman–Crippen MR) is 93.4 cm³/mol. The fourth-order valence-electron chi connectivity index (χ4n) is 2.89. The molecule has 3 rings (SSSR count). The molecule has 2 aromatic heterocycles. The molecule has 0 spiro atoms. The average molecular weight is 323 g/mol. The minimum absolute atomic E-state index is 0.352. The number of aldehydes is 1. The Balaban J connectivity index is 2.05. The third-order valence-corrected chi connectivity index (χ3v) is 3.98. The first kappa shape index (κ1) is 16.3. The molecule has 0 radical (unpaired) electrons. The lowest BCUT2D eigenvalue weighted by Crippen LogP contribution is -2.05. The van der Waals surface area contributed by atoms with Gasteiger partial charge in [-0.1, -0.05) is 19.1 Å². The third kappa shape index (κ3) is 3.21. The molecule has 24 heavy (non-hydrogen) atoms. The summed E-state index contributed by atoms with van der Waals surface area (Å²) in [7, 11) is 0. The fourth-order valence-corrected chi connectivity index (χ4v) is 2.89. The molecule has 0 aliphatic rings. The van der Waals surface area contributed by atoms with E-state index in [-0.39, 0.29) is 6.10 Å². The highest BCUT2D eigenvalue weighted by Crippen LogP contribution is 2.22. The van der Waals surface area contributed by atoms with E-state index in [0.717, 1.165) is 46.5 Å². The summed E-state index contributed by atoms with van der Waals surface area (Å²) in [5, 5.41) is 9.50. The second kappa shape index (κ2) is 6.93. The van der Waals surface area contributed by atoms with E-state index in [1.54, 1.807) is 13.1 Å². The zero-order chi connectivity index (χ0) is 17.1. The van der Waals surface area contributed by atoms with Gasteiger partial charge in [-0.25, -0.2) is 9.97 Å². The van der Waals surface area contributed by atoms with Crippen molar-refractivity contribution in [2.75, 3.05) is 0 Å². The van der Waals surface area contributed by atoms with Crippen molar-refractivity contribution in [1.29, 1.82) is 0 Å². The average Bonchev–Trinajstić information content (AvgIpc) is 2.93. The van der Waals surface area contributed by atoms with Crippen molar-refractivity contribution in [2.45, 2.75) is 39.2 Å².